The first kappa shape index (κ1) is 23.6. The van der Waals surface area contributed by atoms with E-state index in [1.807, 2.05) is 0 Å². The molecule has 0 aliphatic carbocycles. The lowest BCUT2D eigenvalue weighted by Crippen LogP contribution is -2.33. The van der Waals surface area contributed by atoms with E-state index in [2.05, 4.69) is 14.7 Å². The van der Waals surface area contributed by atoms with Gasteiger partial charge in [0.05, 0.1) is 12.9 Å². The Kier molecular flexibility index (Phi) is 7.04. The third-order valence-corrected chi connectivity index (χ3v) is 5.70. The van der Waals surface area contributed by atoms with Gasteiger partial charge in [0.2, 0.25) is 15.9 Å². The molecule has 31 heavy (non-hydrogen) atoms. The van der Waals surface area contributed by atoms with E-state index in [-0.39, 0.29) is 34.3 Å². The first-order valence-electron chi connectivity index (χ1n) is 9.33. The Morgan fingerprint density at radius 2 is 2.10 bits per heavy atom. The van der Waals surface area contributed by atoms with Gasteiger partial charge in [0.15, 0.2) is 22.6 Å². The zero-order valence-electron chi connectivity index (χ0n) is 17.4. The van der Waals surface area contributed by atoms with Crippen LogP contribution in [0.25, 0.3) is 0 Å². The Labute approximate surface area is 183 Å². The maximum absolute atomic E-state index is 13.9. The van der Waals surface area contributed by atoms with Crippen LogP contribution in [0.15, 0.2) is 29.4 Å². The number of aromatic nitrogens is 2. The van der Waals surface area contributed by atoms with Gasteiger partial charge in [0, 0.05) is 17.4 Å². The van der Waals surface area contributed by atoms with Crippen molar-refractivity contribution in [2.75, 3.05) is 17.6 Å². The van der Waals surface area contributed by atoms with Crippen molar-refractivity contribution in [2.45, 2.75) is 49.7 Å². The highest BCUT2D eigenvalue weighted by molar-refractivity contribution is 7.98. The Balaban J connectivity index is 1.80. The van der Waals surface area contributed by atoms with Gasteiger partial charge < -0.3 is 14.2 Å². The molecule has 2 aromatic rings. The summed E-state index contributed by atoms with van der Waals surface area (Å²) in [6.07, 6.45) is 0.175. The fourth-order valence-corrected chi connectivity index (χ4v) is 4.10. The Morgan fingerprint density at radius 1 is 1.35 bits per heavy atom. The van der Waals surface area contributed by atoms with Crippen LogP contribution < -0.4 is 9.46 Å². The molecule has 3 rings (SSSR count). The van der Waals surface area contributed by atoms with Gasteiger partial charge in [-0.25, -0.2) is 22.2 Å². The van der Waals surface area contributed by atoms with Crippen molar-refractivity contribution in [1.82, 2.24) is 9.97 Å². The topological polar surface area (TPSA) is 99.6 Å². The molecule has 1 aliphatic heterocycles. The van der Waals surface area contributed by atoms with Crippen LogP contribution in [0.1, 0.15) is 26.3 Å². The summed E-state index contributed by atoms with van der Waals surface area (Å²) in [6, 6.07) is 5.21. The lowest BCUT2D eigenvalue weighted by atomic mass is 10.2. The van der Waals surface area contributed by atoms with Gasteiger partial charge in [-0.15, -0.1) is 0 Å². The quantitative estimate of drug-likeness (QED) is 0.459. The number of thioether (sulfide) groups is 1. The van der Waals surface area contributed by atoms with Crippen LogP contribution in [-0.4, -0.2) is 49.2 Å². The molecular formula is C19H23F2N3O5S2. The van der Waals surface area contributed by atoms with Gasteiger partial charge in [-0.3, -0.25) is 4.72 Å². The summed E-state index contributed by atoms with van der Waals surface area (Å²) in [5.41, 5.74) is 0.129. The molecule has 170 valence electrons. The summed E-state index contributed by atoms with van der Waals surface area (Å²) < 4.78 is 70.1. The number of hydrogen-bond acceptors (Lipinski definition) is 8. The molecule has 0 spiro atoms. The molecule has 0 bridgehead atoms. The molecule has 12 heteroatoms. The van der Waals surface area contributed by atoms with Gasteiger partial charge in [0.25, 0.3) is 0 Å². The van der Waals surface area contributed by atoms with E-state index in [4.69, 9.17) is 14.2 Å². The van der Waals surface area contributed by atoms with E-state index in [1.165, 1.54) is 18.2 Å². The number of halogens is 2. The summed E-state index contributed by atoms with van der Waals surface area (Å²) in [5.74, 6) is -2.51. The second-order valence-corrected chi connectivity index (χ2v) is 10.1. The Hall–Kier alpha value is -2.02. The molecule has 0 unspecified atom stereocenters. The minimum atomic E-state index is -3.61. The number of nitrogens with zero attached hydrogens (tertiary/aromatic N) is 2. The number of rotatable bonds is 8. The molecule has 1 aliphatic rings. The van der Waals surface area contributed by atoms with Crippen LogP contribution in [0.4, 0.5) is 14.6 Å². The largest absolute Gasteiger partial charge is 0.472 e. The molecule has 1 fully saturated rings. The van der Waals surface area contributed by atoms with E-state index in [0.29, 0.717) is 6.61 Å². The SMILES string of the molecule is C[C@@H](Oc1cc(NS(C)(=O)=O)nc(SCc2cccc(F)c2F)n1)[C@@H]1COC(C)(C)O1. The number of hydrogen-bond donors (Lipinski definition) is 1. The summed E-state index contributed by atoms with van der Waals surface area (Å²) in [6.45, 7) is 5.68. The van der Waals surface area contributed by atoms with E-state index < -0.39 is 33.5 Å². The predicted molar refractivity (Wildman–Crippen MR) is 111 cm³/mol. The molecule has 2 heterocycles. The zero-order valence-corrected chi connectivity index (χ0v) is 19.0. The number of sulfonamides is 1. The minimum absolute atomic E-state index is 0.00849. The predicted octanol–water partition coefficient (Wildman–Crippen LogP) is 3.34. The van der Waals surface area contributed by atoms with Crippen molar-refractivity contribution in [3.63, 3.8) is 0 Å². The van der Waals surface area contributed by atoms with Crippen LogP contribution in [0, 0.1) is 11.6 Å². The lowest BCUT2D eigenvalue weighted by Gasteiger charge is -2.22. The molecular weight excluding hydrogens is 452 g/mol. The van der Waals surface area contributed by atoms with Crippen LogP contribution in [0.2, 0.25) is 0 Å². The highest BCUT2D eigenvalue weighted by Crippen LogP contribution is 2.29. The Bertz CT molecular complexity index is 1050. The van der Waals surface area contributed by atoms with E-state index >= 15 is 0 Å². The molecule has 1 aromatic carbocycles. The molecule has 8 nitrogen and oxygen atoms in total. The summed E-state index contributed by atoms with van der Waals surface area (Å²) in [4.78, 5) is 8.38. The summed E-state index contributed by atoms with van der Waals surface area (Å²) in [5, 5.41) is 0.128. The van der Waals surface area contributed by atoms with Crippen molar-refractivity contribution >= 4 is 27.6 Å². The number of ether oxygens (including phenoxy) is 3. The summed E-state index contributed by atoms with van der Waals surface area (Å²) >= 11 is 1.01. The van der Waals surface area contributed by atoms with Gasteiger partial charge in [-0.1, -0.05) is 23.9 Å². The number of nitrogens with one attached hydrogen (secondary N) is 1. The fourth-order valence-electron chi connectivity index (χ4n) is 2.79. The average Bonchev–Trinajstić information content (AvgIpc) is 3.01. The Morgan fingerprint density at radius 3 is 2.74 bits per heavy atom. The van der Waals surface area contributed by atoms with Crippen molar-refractivity contribution < 1.29 is 31.4 Å². The molecule has 0 radical (unpaired) electrons. The van der Waals surface area contributed by atoms with Gasteiger partial charge >= 0.3 is 0 Å². The standard InChI is InChI=1S/C19H23F2N3O5S2/c1-11(14-9-27-19(2,3)29-14)28-16-8-15(24-31(4,25)26)22-18(23-16)30-10-12-6-5-7-13(20)17(12)21/h5-8,11,14H,9-10H2,1-4H3,(H,22,23,24)/t11-,14+/m1/s1. The van der Waals surface area contributed by atoms with Crippen LogP contribution in [-0.2, 0) is 25.2 Å². The lowest BCUT2D eigenvalue weighted by molar-refractivity contribution is -0.147. The first-order chi connectivity index (χ1) is 14.4. The second-order valence-electron chi connectivity index (χ2n) is 7.44. The number of anilines is 1. The van der Waals surface area contributed by atoms with E-state index in [0.717, 1.165) is 24.1 Å². The van der Waals surface area contributed by atoms with Crippen molar-refractivity contribution in [3.05, 3.63) is 41.5 Å². The molecule has 2 atom stereocenters. The molecule has 0 saturated carbocycles. The zero-order chi connectivity index (χ0) is 22.8. The van der Waals surface area contributed by atoms with Gasteiger partial charge in [-0.05, 0) is 26.8 Å². The van der Waals surface area contributed by atoms with Crippen LogP contribution >= 0.6 is 11.8 Å². The van der Waals surface area contributed by atoms with Crippen molar-refractivity contribution in [3.8, 4) is 5.88 Å². The van der Waals surface area contributed by atoms with Gasteiger partial charge in [-0.2, -0.15) is 4.98 Å². The maximum atomic E-state index is 13.9. The molecule has 0 amide bonds. The average molecular weight is 476 g/mol. The summed E-state index contributed by atoms with van der Waals surface area (Å²) in [7, 11) is -3.61. The molecule has 1 aromatic heterocycles. The highest BCUT2D eigenvalue weighted by Gasteiger charge is 2.37. The first-order valence-corrected chi connectivity index (χ1v) is 12.2. The third kappa shape index (κ3) is 6.73. The van der Waals surface area contributed by atoms with E-state index in [9.17, 15) is 17.2 Å². The normalized spacial score (nSPS) is 19.2. The minimum Gasteiger partial charge on any atom is -0.472 e. The highest BCUT2D eigenvalue weighted by atomic mass is 32.2. The monoisotopic (exact) mass is 475 g/mol. The smallest absolute Gasteiger partial charge is 0.230 e. The molecule has 1 saturated heterocycles. The maximum Gasteiger partial charge on any atom is 0.230 e. The second kappa shape index (κ2) is 9.23. The van der Waals surface area contributed by atoms with Crippen molar-refractivity contribution in [1.29, 1.82) is 0 Å². The van der Waals surface area contributed by atoms with E-state index in [1.54, 1.807) is 20.8 Å². The van der Waals surface area contributed by atoms with Crippen LogP contribution in [0.5, 0.6) is 5.88 Å². The fraction of sp³-hybridized carbons (Fsp3) is 0.474. The van der Waals surface area contributed by atoms with Gasteiger partial charge in [0.1, 0.15) is 18.0 Å². The third-order valence-electron chi connectivity index (χ3n) is 4.22. The van der Waals surface area contributed by atoms with Crippen LogP contribution in [0.3, 0.4) is 0 Å². The molecule has 1 N–H and O–H groups in total. The van der Waals surface area contributed by atoms with Crippen molar-refractivity contribution in [2.24, 2.45) is 0 Å². The number of benzene rings is 1.